The standard InChI is InChI=1S/C18H14ClN3O2/c1-9-16(10(2)24-22-9)12-4-3-5-13(19)17(12)11-6-7-14-15(8-11)21-18(23)20-14/h3-8H,1-2H3,(H2,20,21,23). The molecule has 0 bridgehead atoms. The molecule has 0 spiro atoms. The maximum absolute atomic E-state index is 11.5. The van der Waals surface area contributed by atoms with Crippen LogP contribution in [0.25, 0.3) is 33.3 Å². The second-order valence-electron chi connectivity index (χ2n) is 5.70. The number of aromatic nitrogens is 3. The van der Waals surface area contributed by atoms with Gasteiger partial charge >= 0.3 is 5.69 Å². The van der Waals surface area contributed by atoms with Crippen LogP contribution in [-0.4, -0.2) is 15.1 Å². The van der Waals surface area contributed by atoms with Crippen LogP contribution in [0.3, 0.4) is 0 Å². The third-order valence-electron chi connectivity index (χ3n) is 4.12. The summed E-state index contributed by atoms with van der Waals surface area (Å²) in [6.07, 6.45) is 0. The van der Waals surface area contributed by atoms with Crippen molar-refractivity contribution < 1.29 is 4.52 Å². The largest absolute Gasteiger partial charge is 0.361 e. The summed E-state index contributed by atoms with van der Waals surface area (Å²) in [5.74, 6) is 0.743. The zero-order chi connectivity index (χ0) is 16.8. The van der Waals surface area contributed by atoms with Gasteiger partial charge in [0.15, 0.2) is 0 Å². The normalized spacial score (nSPS) is 11.3. The van der Waals surface area contributed by atoms with E-state index in [0.717, 1.165) is 44.7 Å². The molecule has 0 aliphatic carbocycles. The third kappa shape index (κ3) is 2.25. The van der Waals surface area contributed by atoms with Crippen LogP contribution in [0.2, 0.25) is 5.02 Å². The highest BCUT2D eigenvalue weighted by Crippen LogP contribution is 2.40. The van der Waals surface area contributed by atoms with Gasteiger partial charge in [0, 0.05) is 16.1 Å². The van der Waals surface area contributed by atoms with Crippen LogP contribution in [0.5, 0.6) is 0 Å². The van der Waals surface area contributed by atoms with E-state index in [-0.39, 0.29) is 5.69 Å². The average Bonchev–Trinajstić information content (AvgIpc) is 3.07. The van der Waals surface area contributed by atoms with Gasteiger partial charge < -0.3 is 14.5 Å². The summed E-state index contributed by atoms with van der Waals surface area (Å²) in [6.45, 7) is 3.79. The first-order valence-electron chi connectivity index (χ1n) is 7.49. The molecule has 6 heteroatoms. The van der Waals surface area contributed by atoms with Crippen LogP contribution < -0.4 is 5.69 Å². The summed E-state index contributed by atoms with van der Waals surface area (Å²) in [7, 11) is 0. The van der Waals surface area contributed by atoms with Gasteiger partial charge in [0.2, 0.25) is 0 Å². The first kappa shape index (κ1) is 14.8. The molecule has 0 aliphatic rings. The lowest BCUT2D eigenvalue weighted by molar-refractivity contribution is 0.393. The van der Waals surface area contributed by atoms with Crippen LogP contribution >= 0.6 is 11.6 Å². The number of fused-ring (bicyclic) bond motifs is 1. The van der Waals surface area contributed by atoms with E-state index in [1.807, 2.05) is 50.2 Å². The Labute approximate surface area is 142 Å². The number of rotatable bonds is 2. The van der Waals surface area contributed by atoms with E-state index in [1.165, 1.54) is 0 Å². The summed E-state index contributed by atoms with van der Waals surface area (Å²) in [4.78, 5) is 17.0. The number of hydrogen-bond acceptors (Lipinski definition) is 3. The molecule has 24 heavy (non-hydrogen) atoms. The van der Waals surface area contributed by atoms with Gasteiger partial charge in [-0.2, -0.15) is 0 Å². The molecule has 4 rings (SSSR count). The van der Waals surface area contributed by atoms with E-state index >= 15 is 0 Å². The van der Waals surface area contributed by atoms with Crippen molar-refractivity contribution in [3.8, 4) is 22.3 Å². The molecule has 0 amide bonds. The van der Waals surface area contributed by atoms with Crippen LogP contribution in [0.4, 0.5) is 0 Å². The van der Waals surface area contributed by atoms with Crippen molar-refractivity contribution in [3.05, 3.63) is 63.4 Å². The van der Waals surface area contributed by atoms with Crippen molar-refractivity contribution in [1.29, 1.82) is 0 Å². The number of nitrogens with one attached hydrogen (secondary N) is 2. The van der Waals surface area contributed by atoms with Crippen LogP contribution in [0, 0.1) is 13.8 Å². The molecule has 2 aromatic heterocycles. The highest BCUT2D eigenvalue weighted by atomic mass is 35.5. The highest BCUT2D eigenvalue weighted by Gasteiger charge is 2.18. The lowest BCUT2D eigenvalue weighted by atomic mass is 9.93. The molecule has 0 unspecified atom stereocenters. The third-order valence-corrected chi connectivity index (χ3v) is 4.44. The molecule has 5 nitrogen and oxygen atoms in total. The summed E-state index contributed by atoms with van der Waals surface area (Å²) in [5.41, 5.74) is 5.78. The fraction of sp³-hybridized carbons (Fsp3) is 0.111. The monoisotopic (exact) mass is 339 g/mol. The first-order valence-corrected chi connectivity index (χ1v) is 7.86. The summed E-state index contributed by atoms with van der Waals surface area (Å²) < 4.78 is 5.31. The van der Waals surface area contributed by atoms with Crippen molar-refractivity contribution in [2.45, 2.75) is 13.8 Å². The van der Waals surface area contributed by atoms with E-state index in [9.17, 15) is 4.79 Å². The van der Waals surface area contributed by atoms with Gasteiger partial charge in [0.25, 0.3) is 0 Å². The van der Waals surface area contributed by atoms with Gasteiger partial charge in [-0.3, -0.25) is 0 Å². The predicted octanol–water partition coefficient (Wildman–Crippen LogP) is 4.45. The molecule has 0 radical (unpaired) electrons. The number of benzene rings is 2. The van der Waals surface area contributed by atoms with Crippen LogP contribution in [0.1, 0.15) is 11.5 Å². The van der Waals surface area contributed by atoms with Crippen molar-refractivity contribution in [2.75, 3.05) is 0 Å². The Hall–Kier alpha value is -2.79. The molecule has 2 heterocycles. The molecule has 0 fully saturated rings. The number of H-pyrrole nitrogens is 2. The number of aryl methyl sites for hydroxylation is 2. The van der Waals surface area contributed by atoms with Gasteiger partial charge in [-0.05, 0) is 43.2 Å². The molecule has 0 atom stereocenters. The topological polar surface area (TPSA) is 74.7 Å². The molecule has 0 saturated heterocycles. The zero-order valence-corrected chi connectivity index (χ0v) is 13.9. The quantitative estimate of drug-likeness (QED) is 0.566. The van der Waals surface area contributed by atoms with Gasteiger partial charge in [-0.1, -0.05) is 35.0 Å². The fourth-order valence-corrected chi connectivity index (χ4v) is 3.37. The molecule has 2 N–H and O–H groups in total. The zero-order valence-electron chi connectivity index (χ0n) is 13.1. The molecule has 2 aromatic carbocycles. The smallest absolute Gasteiger partial charge is 0.323 e. The number of aromatic amines is 2. The van der Waals surface area contributed by atoms with Crippen molar-refractivity contribution in [2.24, 2.45) is 0 Å². The summed E-state index contributed by atoms with van der Waals surface area (Å²) >= 11 is 6.51. The molecule has 0 saturated carbocycles. The molecule has 0 aliphatic heterocycles. The average molecular weight is 340 g/mol. The lowest BCUT2D eigenvalue weighted by Gasteiger charge is -2.12. The minimum atomic E-state index is -0.229. The molecule has 4 aromatic rings. The Bertz CT molecular complexity index is 1100. The van der Waals surface area contributed by atoms with Crippen molar-refractivity contribution in [3.63, 3.8) is 0 Å². The van der Waals surface area contributed by atoms with Gasteiger partial charge in [-0.25, -0.2) is 4.79 Å². The molecular formula is C18H14ClN3O2. The second kappa shape index (κ2) is 5.39. The first-order chi connectivity index (χ1) is 11.5. The Kier molecular flexibility index (Phi) is 3.32. The number of nitrogens with zero attached hydrogens (tertiary/aromatic N) is 1. The minimum Gasteiger partial charge on any atom is -0.361 e. The van der Waals surface area contributed by atoms with E-state index < -0.39 is 0 Å². The van der Waals surface area contributed by atoms with Crippen molar-refractivity contribution >= 4 is 22.6 Å². The Balaban J connectivity index is 2.02. The predicted molar refractivity (Wildman–Crippen MR) is 94.3 cm³/mol. The fourth-order valence-electron chi connectivity index (χ4n) is 3.08. The summed E-state index contributed by atoms with van der Waals surface area (Å²) in [5, 5.41) is 4.67. The van der Waals surface area contributed by atoms with E-state index in [0.29, 0.717) is 5.02 Å². The van der Waals surface area contributed by atoms with E-state index in [4.69, 9.17) is 16.1 Å². The molecular weight excluding hydrogens is 326 g/mol. The SMILES string of the molecule is Cc1noc(C)c1-c1cccc(Cl)c1-c1ccc2[nH]c(=O)[nH]c2c1. The van der Waals surface area contributed by atoms with E-state index in [1.54, 1.807) is 0 Å². The number of halogens is 1. The van der Waals surface area contributed by atoms with Gasteiger partial charge in [0.1, 0.15) is 5.76 Å². The Morgan fingerprint density at radius 3 is 2.58 bits per heavy atom. The van der Waals surface area contributed by atoms with Crippen LogP contribution in [0.15, 0.2) is 45.7 Å². The molecule has 120 valence electrons. The maximum Gasteiger partial charge on any atom is 0.323 e. The second-order valence-corrected chi connectivity index (χ2v) is 6.11. The van der Waals surface area contributed by atoms with Crippen molar-refractivity contribution in [1.82, 2.24) is 15.1 Å². The van der Waals surface area contributed by atoms with Crippen LogP contribution in [-0.2, 0) is 0 Å². The van der Waals surface area contributed by atoms with Gasteiger partial charge in [-0.15, -0.1) is 0 Å². The summed E-state index contributed by atoms with van der Waals surface area (Å²) in [6, 6.07) is 11.5. The maximum atomic E-state index is 11.5. The minimum absolute atomic E-state index is 0.229. The highest BCUT2D eigenvalue weighted by molar-refractivity contribution is 6.34. The Morgan fingerprint density at radius 2 is 1.83 bits per heavy atom. The van der Waals surface area contributed by atoms with E-state index in [2.05, 4.69) is 15.1 Å². The number of imidazole rings is 1. The number of hydrogen-bond donors (Lipinski definition) is 2. The lowest BCUT2D eigenvalue weighted by Crippen LogP contribution is -1.99. The van der Waals surface area contributed by atoms with Gasteiger partial charge in [0.05, 0.1) is 16.7 Å². The Morgan fingerprint density at radius 1 is 1.04 bits per heavy atom.